The van der Waals surface area contributed by atoms with E-state index in [4.69, 9.17) is 38.4 Å². The van der Waals surface area contributed by atoms with Crippen molar-refractivity contribution in [1.82, 2.24) is 9.80 Å². The molecule has 2 aromatic rings. The molecule has 176 valence electrons. The maximum absolute atomic E-state index is 12.4. The largest absolute Gasteiger partial charge is 0.480 e. The molecule has 0 saturated carbocycles. The Labute approximate surface area is 210 Å². The van der Waals surface area contributed by atoms with Crippen LogP contribution in [0, 0.1) is 0 Å². The zero-order chi connectivity index (χ0) is 24.4. The number of thioether (sulfide) groups is 1. The topological polar surface area (TPSA) is 96.4 Å². The summed E-state index contributed by atoms with van der Waals surface area (Å²) in [6, 6.07) is 12.6. The number of carboxylic acids is 1. The van der Waals surface area contributed by atoms with Gasteiger partial charge in [-0.15, -0.1) is 0 Å². The first-order chi connectivity index (χ1) is 16.2. The van der Waals surface area contributed by atoms with Gasteiger partial charge in [-0.3, -0.25) is 14.5 Å². The monoisotopic (exact) mass is 518 g/mol. The van der Waals surface area contributed by atoms with Gasteiger partial charge in [0.05, 0.1) is 16.0 Å². The second-order valence-corrected chi connectivity index (χ2v) is 9.72. The molecule has 4 rings (SSSR count). The van der Waals surface area contributed by atoms with Crippen LogP contribution in [0.15, 0.2) is 47.4 Å². The van der Waals surface area contributed by atoms with Crippen LogP contribution in [-0.2, 0) is 20.7 Å². The average molecular weight is 519 g/mol. The maximum atomic E-state index is 12.4. The minimum Gasteiger partial charge on any atom is -0.480 e. The van der Waals surface area contributed by atoms with Crippen LogP contribution < -0.4 is 4.74 Å². The van der Waals surface area contributed by atoms with Crippen LogP contribution >= 0.6 is 35.6 Å². The van der Waals surface area contributed by atoms with Crippen molar-refractivity contribution >= 4 is 63.9 Å². The van der Waals surface area contributed by atoms with E-state index in [-0.39, 0.29) is 16.5 Å². The van der Waals surface area contributed by atoms with Crippen LogP contribution in [-0.4, -0.2) is 63.4 Å². The minimum absolute atomic E-state index is 0.00946. The molecule has 34 heavy (non-hydrogen) atoms. The van der Waals surface area contributed by atoms with Gasteiger partial charge in [0.2, 0.25) is 0 Å². The number of hydrogen-bond donors (Lipinski definition) is 1. The van der Waals surface area contributed by atoms with E-state index in [1.54, 1.807) is 36.2 Å². The lowest BCUT2D eigenvalue weighted by Gasteiger charge is -2.16. The number of carboxylic acid groups (broad SMARTS) is 1. The molecule has 1 unspecified atom stereocenters. The van der Waals surface area contributed by atoms with Crippen molar-refractivity contribution in [3.63, 3.8) is 0 Å². The van der Waals surface area contributed by atoms with E-state index in [1.807, 2.05) is 24.3 Å². The van der Waals surface area contributed by atoms with Gasteiger partial charge in [0.15, 0.2) is 0 Å². The first-order valence-corrected chi connectivity index (χ1v) is 11.7. The fourth-order valence-electron chi connectivity index (χ4n) is 3.43. The van der Waals surface area contributed by atoms with Gasteiger partial charge in [-0.25, -0.2) is 4.79 Å². The number of benzene rings is 2. The van der Waals surface area contributed by atoms with Crippen molar-refractivity contribution < 1.29 is 29.0 Å². The van der Waals surface area contributed by atoms with Gasteiger partial charge in [0.25, 0.3) is 5.91 Å². The number of amides is 2. The Morgan fingerprint density at radius 2 is 1.97 bits per heavy atom. The van der Waals surface area contributed by atoms with E-state index in [1.165, 1.54) is 0 Å². The lowest BCUT2D eigenvalue weighted by atomic mass is 10.1. The Kier molecular flexibility index (Phi) is 7.11. The highest BCUT2D eigenvalue weighted by Gasteiger charge is 2.33. The third-order valence-electron chi connectivity index (χ3n) is 5.29. The Bertz CT molecular complexity index is 1200. The number of likely N-dealkylation sites (N-methyl/N-ethyl adjacent to an activating group) is 1. The molecule has 2 fully saturated rings. The van der Waals surface area contributed by atoms with Crippen LogP contribution in [0.5, 0.6) is 11.5 Å². The molecule has 2 aliphatic rings. The summed E-state index contributed by atoms with van der Waals surface area (Å²) >= 11 is 12.5. The summed E-state index contributed by atoms with van der Waals surface area (Å²) in [5, 5.41) is 9.31. The van der Waals surface area contributed by atoms with Crippen LogP contribution in [0.1, 0.15) is 11.1 Å². The second kappa shape index (κ2) is 10.0. The lowest BCUT2D eigenvalue weighted by Crippen LogP contribution is -2.33. The van der Waals surface area contributed by atoms with Gasteiger partial charge in [-0.05, 0) is 54.0 Å². The third-order valence-corrected chi connectivity index (χ3v) is 7.00. The summed E-state index contributed by atoms with van der Waals surface area (Å²) < 4.78 is 11.1. The molecular formula is C23H19ClN2O6S2. The lowest BCUT2D eigenvalue weighted by molar-refractivity contribution is -0.140. The zero-order valence-electron chi connectivity index (χ0n) is 17.9. The van der Waals surface area contributed by atoms with Gasteiger partial charge < -0.3 is 19.5 Å². The molecule has 0 aliphatic carbocycles. The first-order valence-electron chi connectivity index (χ1n) is 10.1. The Morgan fingerprint density at radius 3 is 2.59 bits per heavy atom. The molecular weight excluding hydrogens is 500 g/mol. The zero-order valence-corrected chi connectivity index (χ0v) is 20.3. The molecule has 11 heteroatoms. The molecule has 2 amide bonds. The quantitative estimate of drug-likeness (QED) is 0.425. The number of carbonyl (C=O) groups excluding carboxylic acids is 2. The van der Waals surface area contributed by atoms with Gasteiger partial charge in [0, 0.05) is 7.05 Å². The van der Waals surface area contributed by atoms with Crippen molar-refractivity contribution in [2.24, 2.45) is 0 Å². The molecule has 0 aromatic heterocycles. The number of cyclic esters (lactones) is 1. The number of ether oxygens (including phenoxy) is 2. The summed E-state index contributed by atoms with van der Waals surface area (Å²) in [7, 11) is 1.72. The van der Waals surface area contributed by atoms with Crippen molar-refractivity contribution in [1.29, 1.82) is 0 Å². The predicted molar refractivity (Wildman–Crippen MR) is 132 cm³/mol. The highest BCUT2D eigenvalue weighted by molar-refractivity contribution is 8.26. The minimum atomic E-state index is -1.14. The maximum Gasteiger partial charge on any atom is 0.409 e. The normalized spacial score (nSPS) is 19.2. The Balaban J connectivity index is 1.41. The highest BCUT2D eigenvalue weighted by atomic mass is 35.5. The van der Waals surface area contributed by atoms with Gasteiger partial charge in [-0.2, -0.15) is 0 Å². The van der Waals surface area contributed by atoms with Crippen molar-refractivity contribution in [2.45, 2.75) is 12.5 Å². The van der Waals surface area contributed by atoms with Crippen LogP contribution in [0.4, 0.5) is 4.79 Å². The van der Waals surface area contributed by atoms with Crippen LogP contribution in [0.2, 0.25) is 5.02 Å². The molecule has 2 aliphatic heterocycles. The second-order valence-electron chi connectivity index (χ2n) is 7.64. The standard InChI is InChI=1S/C23H19ClN2O6S2/c1-25-15(12-31-22(25)30)8-13-2-5-16(6-3-13)32-17-7-4-14(18(24)10-17)9-19-21(29)26(11-20(27)28)23(33)34-19/h2-7,9-10,15H,8,11-12H2,1H3,(H,27,28)/b19-9+. The van der Waals surface area contributed by atoms with Gasteiger partial charge in [0.1, 0.15) is 29.0 Å². The summed E-state index contributed by atoms with van der Waals surface area (Å²) in [4.78, 5) is 37.8. The summed E-state index contributed by atoms with van der Waals surface area (Å²) in [6.45, 7) is -0.105. The van der Waals surface area contributed by atoms with Gasteiger partial charge >= 0.3 is 12.1 Å². The van der Waals surface area contributed by atoms with E-state index >= 15 is 0 Å². The first kappa shape index (κ1) is 24.1. The van der Waals surface area contributed by atoms with Crippen LogP contribution in [0.3, 0.4) is 0 Å². The fraction of sp³-hybridized carbons (Fsp3) is 0.217. The highest BCUT2D eigenvalue weighted by Crippen LogP contribution is 2.35. The van der Waals surface area contributed by atoms with Gasteiger partial charge in [-0.1, -0.05) is 47.7 Å². The van der Waals surface area contributed by atoms with E-state index < -0.39 is 18.4 Å². The van der Waals surface area contributed by atoms with E-state index in [0.717, 1.165) is 22.2 Å². The van der Waals surface area contributed by atoms with Crippen molar-refractivity contribution in [2.75, 3.05) is 20.2 Å². The number of rotatable bonds is 7. The van der Waals surface area contributed by atoms with E-state index in [9.17, 15) is 14.4 Å². The smallest absolute Gasteiger partial charge is 0.409 e. The number of hydrogen-bond acceptors (Lipinski definition) is 7. The number of aliphatic carboxylic acids is 1. The summed E-state index contributed by atoms with van der Waals surface area (Å²) in [6.07, 6.45) is 1.95. The molecule has 2 saturated heterocycles. The molecule has 2 aromatic carbocycles. The number of nitrogens with zero attached hydrogens (tertiary/aromatic N) is 2. The molecule has 1 N–H and O–H groups in total. The molecule has 8 nitrogen and oxygen atoms in total. The molecule has 1 atom stereocenters. The molecule has 0 radical (unpaired) electrons. The molecule has 0 spiro atoms. The van der Waals surface area contributed by atoms with Crippen molar-refractivity contribution in [3.8, 4) is 11.5 Å². The Morgan fingerprint density at radius 1 is 1.26 bits per heavy atom. The summed E-state index contributed by atoms with van der Waals surface area (Å²) in [5.74, 6) is -0.467. The predicted octanol–water partition coefficient (Wildman–Crippen LogP) is 4.41. The third kappa shape index (κ3) is 5.35. The summed E-state index contributed by atoms with van der Waals surface area (Å²) in [5.41, 5.74) is 1.63. The number of halogens is 1. The van der Waals surface area contributed by atoms with E-state index in [2.05, 4.69) is 0 Å². The van der Waals surface area contributed by atoms with E-state index in [0.29, 0.717) is 40.0 Å². The Hall–Kier alpha value is -3.08. The molecule has 2 heterocycles. The fourth-order valence-corrected chi connectivity index (χ4v) is 4.90. The van der Waals surface area contributed by atoms with Crippen molar-refractivity contribution in [3.05, 3.63) is 63.5 Å². The SMILES string of the molecule is CN1C(=O)OCC1Cc1ccc(Oc2ccc(/C=C3/SC(=S)N(CC(=O)O)C3=O)c(Cl)c2)cc1. The molecule has 0 bridgehead atoms. The number of thiocarbonyl (C=S) groups is 1. The number of carbonyl (C=O) groups is 3. The van der Waals surface area contributed by atoms with Crippen LogP contribution in [0.25, 0.3) is 6.08 Å². The average Bonchev–Trinajstić information content (AvgIpc) is 3.24.